The summed E-state index contributed by atoms with van der Waals surface area (Å²) in [6, 6.07) is 4.14. The summed E-state index contributed by atoms with van der Waals surface area (Å²) < 4.78 is 60.4. The summed E-state index contributed by atoms with van der Waals surface area (Å²) >= 11 is 1.11. The van der Waals surface area contributed by atoms with Crippen molar-refractivity contribution in [3.8, 4) is 10.7 Å². The topological polar surface area (TPSA) is 92.1 Å². The van der Waals surface area contributed by atoms with Crippen LogP contribution in [0.15, 0.2) is 22.7 Å². The SMILES string of the molecule is O=C1C[C@H](c2nc(-c3sc4c(N[C@@H]5CCNC[C@@H]5F)cccc4c3CC(F)(F)F)no2)N1. The van der Waals surface area contributed by atoms with Gasteiger partial charge >= 0.3 is 6.18 Å². The Kier molecular flexibility index (Phi) is 5.28. The first-order chi connectivity index (χ1) is 15.3. The molecule has 3 aromatic rings. The normalized spacial score (nSPS) is 23.8. The Morgan fingerprint density at radius 2 is 2.12 bits per heavy atom. The number of anilines is 1. The number of carbonyl (C=O) groups excluding carboxylic acids is 1. The van der Waals surface area contributed by atoms with Gasteiger partial charge in [0, 0.05) is 6.54 Å². The van der Waals surface area contributed by atoms with E-state index in [1.54, 1.807) is 18.2 Å². The maximum atomic E-state index is 14.3. The fraction of sp³-hybridized carbons (Fsp3) is 0.450. The van der Waals surface area contributed by atoms with Crippen molar-refractivity contribution in [3.05, 3.63) is 29.7 Å². The summed E-state index contributed by atoms with van der Waals surface area (Å²) in [5, 5.41) is 13.0. The molecule has 2 saturated heterocycles. The van der Waals surface area contributed by atoms with E-state index in [1.807, 2.05) is 0 Å². The number of thiophene rings is 1. The molecule has 3 N–H and O–H groups in total. The van der Waals surface area contributed by atoms with Crippen LogP contribution < -0.4 is 16.0 Å². The number of amides is 1. The quantitative estimate of drug-likeness (QED) is 0.390. The van der Waals surface area contributed by atoms with Gasteiger partial charge in [-0.15, -0.1) is 11.3 Å². The molecule has 2 aliphatic heterocycles. The van der Waals surface area contributed by atoms with Crippen LogP contribution in [0.4, 0.5) is 23.2 Å². The minimum Gasteiger partial charge on any atom is -0.378 e. The van der Waals surface area contributed by atoms with Crippen LogP contribution in [0.3, 0.4) is 0 Å². The lowest BCUT2D eigenvalue weighted by Gasteiger charge is -2.28. The van der Waals surface area contributed by atoms with Crippen molar-refractivity contribution in [2.75, 3.05) is 18.4 Å². The van der Waals surface area contributed by atoms with Crippen LogP contribution in [0.5, 0.6) is 0 Å². The minimum atomic E-state index is -4.44. The summed E-state index contributed by atoms with van der Waals surface area (Å²) in [4.78, 5) is 15.6. The first-order valence-electron chi connectivity index (χ1n) is 10.1. The molecular formula is C20H19F4N5O2S. The van der Waals surface area contributed by atoms with Crippen LogP contribution >= 0.6 is 11.3 Å². The molecule has 0 radical (unpaired) electrons. The smallest absolute Gasteiger partial charge is 0.378 e. The van der Waals surface area contributed by atoms with Crippen LogP contribution in [0.2, 0.25) is 0 Å². The molecule has 4 heterocycles. The van der Waals surface area contributed by atoms with Crippen LogP contribution in [0.1, 0.15) is 30.3 Å². The number of carbonyl (C=O) groups is 1. The van der Waals surface area contributed by atoms with Gasteiger partial charge in [-0.3, -0.25) is 4.79 Å². The fourth-order valence-electron chi connectivity index (χ4n) is 4.00. The van der Waals surface area contributed by atoms with E-state index in [2.05, 4.69) is 26.1 Å². The molecule has 2 fully saturated rings. The zero-order chi connectivity index (χ0) is 22.5. The fourth-order valence-corrected chi connectivity index (χ4v) is 5.22. The van der Waals surface area contributed by atoms with E-state index in [0.29, 0.717) is 28.7 Å². The second-order valence-electron chi connectivity index (χ2n) is 7.92. The summed E-state index contributed by atoms with van der Waals surface area (Å²) in [5.41, 5.74) is 0.625. The van der Waals surface area contributed by atoms with E-state index < -0.39 is 30.9 Å². The number of alkyl halides is 4. The maximum absolute atomic E-state index is 14.3. The number of rotatable bonds is 5. The summed E-state index contributed by atoms with van der Waals surface area (Å²) in [7, 11) is 0. The Labute approximate surface area is 183 Å². The predicted octanol–water partition coefficient (Wildman–Crippen LogP) is 3.73. The Morgan fingerprint density at radius 3 is 2.84 bits per heavy atom. The van der Waals surface area contributed by atoms with Gasteiger partial charge in [0.1, 0.15) is 12.2 Å². The Morgan fingerprint density at radius 1 is 1.31 bits per heavy atom. The highest BCUT2D eigenvalue weighted by molar-refractivity contribution is 7.23. The second kappa shape index (κ2) is 8.00. The second-order valence-corrected chi connectivity index (χ2v) is 8.94. The maximum Gasteiger partial charge on any atom is 0.393 e. The molecule has 1 amide bonds. The van der Waals surface area contributed by atoms with Crippen LogP contribution in [0, 0.1) is 0 Å². The van der Waals surface area contributed by atoms with Crippen molar-refractivity contribution in [1.29, 1.82) is 0 Å². The standard InChI is InChI=1S/C20H19F4N5O2S/c21-11-8-25-5-4-12(11)26-13-3-1-2-9-10(7-20(22,23)24)17(32-16(9)13)18-28-19(31-29-18)14-6-15(30)27-14/h1-3,11-12,14,25-26H,4-8H2,(H,27,30)/t11-,12+,14+/m0/s1. The number of benzene rings is 1. The summed E-state index contributed by atoms with van der Waals surface area (Å²) in [6.45, 7) is 0.887. The average molecular weight is 469 g/mol. The number of hydrogen-bond acceptors (Lipinski definition) is 7. The van der Waals surface area contributed by atoms with Gasteiger partial charge in [-0.25, -0.2) is 4.39 Å². The van der Waals surface area contributed by atoms with Gasteiger partial charge in [-0.05, 0) is 30.0 Å². The first-order valence-corrected chi connectivity index (χ1v) is 11.0. The number of fused-ring (bicyclic) bond motifs is 1. The van der Waals surface area contributed by atoms with E-state index in [9.17, 15) is 22.4 Å². The summed E-state index contributed by atoms with van der Waals surface area (Å²) in [5.74, 6) is 0.0373. The number of hydrogen-bond donors (Lipinski definition) is 3. The largest absolute Gasteiger partial charge is 0.393 e. The number of aromatic nitrogens is 2. The van der Waals surface area contributed by atoms with Gasteiger partial charge in [0.25, 0.3) is 0 Å². The van der Waals surface area contributed by atoms with Gasteiger partial charge in [0.2, 0.25) is 17.6 Å². The highest BCUT2D eigenvalue weighted by Crippen LogP contribution is 2.44. The third-order valence-electron chi connectivity index (χ3n) is 5.61. The van der Waals surface area contributed by atoms with E-state index in [1.165, 1.54) is 0 Å². The molecule has 3 atom stereocenters. The molecule has 32 heavy (non-hydrogen) atoms. The first kappa shape index (κ1) is 21.1. The molecule has 5 rings (SSSR count). The molecule has 0 aliphatic carbocycles. The lowest BCUT2D eigenvalue weighted by Crippen LogP contribution is -2.45. The van der Waals surface area contributed by atoms with Gasteiger partial charge < -0.3 is 20.5 Å². The number of nitrogens with one attached hydrogen (secondary N) is 3. The Bertz CT molecular complexity index is 1150. The number of piperidine rings is 1. The van der Waals surface area contributed by atoms with E-state index >= 15 is 0 Å². The monoisotopic (exact) mass is 469 g/mol. The molecular weight excluding hydrogens is 450 g/mol. The lowest BCUT2D eigenvalue weighted by atomic mass is 10.0. The van der Waals surface area contributed by atoms with Crippen molar-refractivity contribution < 1.29 is 26.9 Å². The number of β-lactam (4-membered cyclic amide) rings is 1. The highest BCUT2D eigenvalue weighted by atomic mass is 32.1. The Balaban J connectivity index is 1.55. The lowest BCUT2D eigenvalue weighted by molar-refractivity contribution is -0.129. The average Bonchev–Trinajstić information content (AvgIpc) is 3.32. The molecule has 0 spiro atoms. The Hall–Kier alpha value is -2.73. The van der Waals surface area contributed by atoms with Gasteiger partial charge in [0.15, 0.2) is 0 Å². The van der Waals surface area contributed by atoms with Gasteiger partial charge in [0.05, 0.1) is 34.1 Å². The van der Waals surface area contributed by atoms with E-state index in [4.69, 9.17) is 4.52 Å². The minimum absolute atomic E-state index is 0.0396. The van der Waals surface area contributed by atoms with Crippen molar-refractivity contribution in [2.45, 2.75) is 43.7 Å². The zero-order valence-corrected chi connectivity index (χ0v) is 17.4. The van der Waals surface area contributed by atoms with Gasteiger partial charge in [-0.1, -0.05) is 17.3 Å². The molecule has 2 aromatic heterocycles. The van der Waals surface area contributed by atoms with Crippen molar-refractivity contribution in [1.82, 2.24) is 20.8 Å². The van der Waals surface area contributed by atoms with Crippen molar-refractivity contribution in [3.63, 3.8) is 0 Å². The highest BCUT2D eigenvalue weighted by Gasteiger charge is 2.35. The third kappa shape index (κ3) is 4.04. The zero-order valence-electron chi connectivity index (χ0n) is 16.6. The van der Waals surface area contributed by atoms with E-state index in [0.717, 1.165) is 11.3 Å². The van der Waals surface area contributed by atoms with Crippen molar-refractivity contribution >= 4 is 33.0 Å². The third-order valence-corrected chi connectivity index (χ3v) is 6.89. The van der Waals surface area contributed by atoms with Crippen LogP contribution in [-0.4, -0.2) is 47.5 Å². The molecule has 0 unspecified atom stereocenters. The van der Waals surface area contributed by atoms with Crippen LogP contribution in [0.25, 0.3) is 20.8 Å². The van der Waals surface area contributed by atoms with Gasteiger partial charge in [-0.2, -0.15) is 18.2 Å². The molecule has 170 valence electrons. The molecule has 12 heteroatoms. The van der Waals surface area contributed by atoms with E-state index in [-0.39, 0.29) is 41.0 Å². The number of halogens is 4. The van der Waals surface area contributed by atoms with Crippen LogP contribution in [-0.2, 0) is 11.2 Å². The predicted molar refractivity (Wildman–Crippen MR) is 110 cm³/mol. The number of nitrogens with zero attached hydrogens (tertiary/aromatic N) is 2. The summed E-state index contributed by atoms with van der Waals surface area (Å²) in [6.07, 6.45) is -5.95. The molecule has 2 aliphatic rings. The molecule has 0 saturated carbocycles. The molecule has 7 nitrogen and oxygen atoms in total. The van der Waals surface area contributed by atoms with Crippen molar-refractivity contribution in [2.24, 2.45) is 0 Å². The molecule has 0 bridgehead atoms. The molecule has 1 aromatic carbocycles.